The minimum Gasteiger partial charge on any atom is -0.478 e. The third-order valence-electron chi connectivity index (χ3n) is 3.16. The second-order valence-corrected chi connectivity index (χ2v) is 5.19. The van der Waals surface area contributed by atoms with Crippen LogP contribution in [0.1, 0.15) is 32.3 Å². The van der Waals surface area contributed by atoms with Crippen molar-refractivity contribution in [2.75, 3.05) is 5.32 Å². The van der Waals surface area contributed by atoms with Crippen molar-refractivity contribution in [3.8, 4) is 5.88 Å². The molecule has 0 saturated carbocycles. The van der Waals surface area contributed by atoms with Crippen LogP contribution in [0.3, 0.4) is 0 Å². The Morgan fingerprint density at radius 1 is 1.45 bits per heavy atom. The molecular weight excluding hydrogens is 301 g/mol. The van der Waals surface area contributed by atoms with E-state index in [-0.39, 0.29) is 22.8 Å². The van der Waals surface area contributed by atoms with Crippen LogP contribution in [-0.2, 0) is 4.79 Å². The number of alkyl halides is 3. The summed E-state index contributed by atoms with van der Waals surface area (Å²) in [4.78, 5) is 15.1. The first-order chi connectivity index (χ1) is 10.1. The summed E-state index contributed by atoms with van der Waals surface area (Å²) in [5, 5.41) is 11.9. The lowest BCUT2D eigenvalue weighted by molar-refractivity contribution is -0.152. The van der Waals surface area contributed by atoms with Gasteiger partial charge in [-0.1, -0.05) is 0 Å². The van der Waals surface area contributed by atoms with Crippen molar-refractivity contribution in [1.82, 2.24) is 4.98 Å². The van der Waals surface area contributed by atoms with Gasteiger partial charge in [0, 0.05) is 17.6 Å². The van der Waals surface area contributed by atoms with Crippen LogP contribution in [0.15, 0.2) is 23.5 Å². The molecule has 0 aliphatic carbocycles. The summed E-state index contributed by atoms with van der Waals surface area (Å²) < 4.78 is 45.9. The van der Waals surface area contributed by atoms with Crippen LogP contribution in [0.4, 0.5) is 18.9 Å². The zero-order valence-electron chi connectivity index (χ0n) is 12.2. The Morgan fingerprint density at radius 2 is 2.09 bits per heavy atom. The SMILES string of the molecule is CC1=C(C(=O)O)C(C(F)(F)F)c2c(ccnc2OC(C)C)N1. The molecule has 8 heteroatoms. The Kier molecular flexibility index (Phi) is 4.04. The van der Waals surface area contributed by atoms with Gasteiger partial charge in [-0.3, -0.25) is 0 Å². The molecule has 120 valence electrons. The molecule has 1 aromatic rings. The molecule has 22 heavy (non-hydrogen) atoms. The van der Waals surface area contributed by atoms with Crippen molar-refractivity contribution < 1.29 is 27.8 Å². The lowest BCUT2D eigenvalue weighted by atomic mass is 9.85. The van der Waals surface area contributed by atoms with Gasteiger partial charge in [0.1, 0.15) is 5.92 Å². The minimum absolute atomic E-state index is 0.0518. The molecule has 5 nitrogen and oxygen atoms in total. The normalized spacial score (nSPS) is 18.0. The first-order valence-electron chi connectivity index (χ1n) is 6.56. The van der Waals surface area contributed by atoms with E-state index in [0.717, 1.165) is 0 Å². The van der Waals surface area contributed by atoms with Crippen molar-refractivity contribution in [2.24, 2.45) is 0 Å². The molecule has 1 aliphatic rings. The van der Waals surface area contributed by atoms with Crippen molar-refractivity contribution in [3.63, 3.8) is 0 Å². The zero-order valence-corrected chi connectivity index (χ0v) is 12.2. The topological polar surface area (TPSA) is 71.5 Å². The van der Waals surface area contributed by atoms with Crippen LogP contribution in [0.2, 0.25) is 0 Å². The van der Waals surface area contributed by atoms with Gasteiger partial charge in [0.2, 0.25) is 5.88 Å². The van der Waals surface area contributed by atoms with Gasteiger partial charge in [0.05, 0.1) is 17.2 Å². The maximum atomic E-state index is 13.5. The number of aromatic nitrogens is 1. The summed E-state index contributed by atoms with van der Waals surface area (Å²) in [5.74, 6) is -4.13. The molecule has 1 aliphatic heterocycles. The number of hydrogen-bond acceptors (Lipinski definition) is 4. The summed E-state index contributed by atoms with van der Waals surface area (Å²) >= 11 is 0. The number of halogens is 3. The van der Waals surface area contributed by atoms with Crippen molar-refractivity contribution in [3.05, 3.63) is 29.1 Å². The third kappa shape index (κ3) is 2.86. The molecule has 0 spiro atoms. The molecule has 0 bridgehead atoms. The highest BCUT2D eigenvalue weighted by atomic mass is 19.4. The quantitative estimate of drug-likeness (QED) is 0.895. The molecule has 0 fully saturated rings. The summed E-state index contributed by atoms with van der Waals surface area (Å²) in [6.45, 7) is 4.60. The maximum Gasteiger partial charge on any atom is 0.400 e. The number of nitrogens with zero attached hydrogens (tertiary/aromatic N) is 1. The van der Waals surface area contributed by atoms with Crippen LogP contribution < -0.4 is 10.1 Å². The third-order valence-corrected chi connectivity index (χ3v) is 3.16. The van der Waals surface area contributed by atoms with Gasteiger partial charge in [0.25, 0.3) is 0 Å². The monoisotopic (exact) mass is 316 g/mol. The van der Waals surface area contributed by atoms with E-state index >= 15 is 0 Å². The summed E-state index contributed by atoms with van der Waals surface area (Å²) in [5.41, 5.74) is -0.951. The molecule has 0 saturated heterocycles. The largest absolute Gasteiger partial charge is 0.478 e. The Labute approximate surface area is 124 Å². The molecule has 1 atom stereocenters. The fourth-order valence-corrected chi connectivity index (χ4v) is 2.40. The number of aliphatic carboxylic acids is 1. The van der Waals surface area contributed by atoms with Crippen LogP contribution in [0.5, 0.6) is 5.88 Å². The number of pyridine rings is 1. The molecule has 2 rings (SSSR count). The van der Waals surface area contributed by atoms with E-state index in [1.165, 1.54) is 19.2 Å². The Bertz CT molecular complexity index is 639. The Hall–Kier alpha value is -2.25. The molecule has 0 aromatic carbocycles. The second-order valence-electron chi connectivity index (χ2n) is 5.19. The number of fused-ring (bicyclic) bond motifs is 1. The van der Waals surface area contributed by atoms with E-state index in [1.54, 1.807) is 13.8 Å². The van der Waals surface area contributed by atoms with Gasteiger partial charge in [-0.2, -0.15) is 13.2 Å². The predicted molar refractivity (Wildman–Crippen MR) is 72.8 cm³/mol. The highest BCUT2D eigenvalue weighted by Crippen LogP contribution is 2.49. The van der Waals surface area contributed by atoms with Gasteiger partial charge in [-0.05, 0) is 26.8 Å². The number of nitrogens with one attached hydrogen (secondary N) is 1. The first kappa shape index (κ1) is 16.1. The number of carboxylic acids is 1. The van der Waals surface area contributed by atoms with E-state index in [2.05, 4.69) is 10.3 Å². The number of anilines is 1. The molecule has 0 amide bonds. The van der Waals surface area contributed by atoms with E-state index in [1.807, 2.05) is 0 Å². The average Bonchev–Trinajstić information content (AvgIpc) is 2.34. The Morgan fingerprint density at radius 3 is 2.59 bits per heavy atom. The van der Waals surface area contributed by atoms with Crippen LogP contribution in [0, 0.1) is 0 Å². The zero-order chi connectivity index (χ0) is 16.7. The highest BCUT2D eigenvalue weighted by Gasteiger charge is 2.50. The molecule has 1 aromatic heterocycles. The maximum absolute atomic E-state index is 13.5. The van der Waals surface area contributed by atoms with Crippen LogP contribution in [0.25, 0.3) is 0 Å². The van der Waals surface area contributed by atoms with Crippen molar-refractivity contribution >= 4 is 11.7 Å². The number of rotatable bonds is 3. The van der Waals surface area contributed by atoms with Gasteiger partial charge < -0.3 is 15.2 Å². The Balaban J connectivity index is 2.70. The second kappa shape index (κ2) is 5.51. The lowest BCUT2D eigenvalue weighted by Gasteiger charge is -2.31. The number of carbonyl (C=O) groups is 1. The first-order valence-corrected chi connectivity index (χ1v) is 6.56. The predicted octanol–water partition coefficient (Wildman–Crippen LogP) is 3.30. The summed E-state index contributed by atoms with van der Waals surface area (Å²) in [7, 11) is 0. The van der Waals surface area contributed by atoms with E-state index in [9.17, 15) is 23.1 Å². The number of hydrogen-bond donors (Lipinski definition) is 2. The van der Waals surface area contributed by atoms with E-state index < -0.39 is 29.7 Å². The molecular formula is C14H15F3N2O3. The standard InChI is InChI=1S/C14H15F3N2O3/c1-6(2)22-12-10-8(4-5-18-12)19-7(3)9(13(20)21)11(10)14(15,16)17/h4-6,11,19H,1-3H3,(H,20,21). The average molecular weight is 316 g/mol. The summed E-state index contributed by atoms with van der Waals surface area (Å²) in [6, 6.07) is 1.36. The highest BCUT2D eigenvalue weighted by molar-refractivity contribution is 5.92. The van der Waals surface area contributed by atoms with Gasteiger partial charge >= 0.3 is 12.1 Å². The van der Waals surface area contributed by atoms with Crippen LogP contribution in [-0.4, -0.2) is 28.3 Å². The van der Waals surface area contributed by atoms with E-state index in [4.69, 9.17) is 4.74 Å². The smallest absolute Gasteiger partial charge is 0.400 e. The number of ether oxygens (including phenoxy) is 1. The molecule has 2 N–H and O–H groups in total. The van der Waals surface area contributed by atoms with Crippen molar-refractivity contribution in [2.45, 2.75) is 39.0 Å². The minimum atomic E-state index is -4.77. The molecule has 1 unspecified atom stereocenters. The fraction of sp³-hybridized carbons (Fsp3) is 0.429. The van der Waals surface area contributed by atoms with Crippen LogP contribution >= 0.6 is 0 Å². The van der Waals surface area contributed by atoms with Crippen molar-refractivity contribution in [1.29, 1.82) is 0 Å². The van der Waals surface area contributed by atoms with Gasteiger partial charge in [-0.15, -0.1) is 0 Å². The van der Waals surface area contributed by atoms with Gasteiger partial charge in [0.15, 0.2) is 0 Å². The lowest BCUT2D eigenvalue weighted by Crippen LogP contribution is -2.32. The van der Waals surface area contributed by atoms with E-state index in [0.29, 0.717) is 0 Å². The molecule has 2 heterocycles. The molecule has 0 radical (unpaired) electrons. The van der Waals surface area contributed by atoms with Gasteiger partial charge in [-0.25, -0.2) is 9.78 Å². The fourth-order valence-electron chi connectivity index (χ4n) is 2.40. The summed E-state index contributed by atoms with van der Waals surface area (Å²) in [6.07, 6.45) is -3.85. The number of carboxylic acid groups (broad SMARTS) is 1. The number of allylic oxidation sites excluding steroid dienone is 1.